The highest BCUT2D eigenvalue weighted by Crippen LogP contribution is 2.28. The molecule has 0 atom stereocenters. The summed E-state index contributed by atoms with van der Waals surface area (Å²) in [5.74, 6) is -3.10. The fraction of sp³-hybridized carbons (Fsp3) is 0.167. The second-order valence-electron chi connectivity index (χ2n) is 5.51. The van der Waals surface area contributed by atoms with Gasteiger partial charge in [-0.05, 0) is 18.2 Å². The van der Waals surface area contributed by atoms with E-state index >= 15 is 0 Å². The Labute approximate surface area is 163 Å². The van der Waals surface area contributed by atoms with Crippen LogP contribution < -0.4 is 15.4 Å². The molecule has 0 aliphatic carbocycles. The lowest BCUT2D eigenvalue weighted by molar-refractivity contribution is -0.384. The van der Waals surface area contributed by atoms with Crippen LogP contribution in [0.2, 0.25) is 0 Å². The van der Waals surface area contributed by atoms with Crippen LogP contribution in [0, 0.1) is 15.9 Å². The SMILES string of the molecule is COc1ccc([N+](=O)[O-])cc1NC(=O)COC(=O)CNC(=O)c1ccccc1F. The lowest BCUT2D eigenvalue weighted by atomic mass is 10.2. The molecule has 0 bridgehead atoms. The summed E-state index contributed by atoms with van der Waals surface area (Å²) in [6.07, 6.45) is 0. The zero-order valence-electron chi connectivity index (χ0n) is 15.1. The summed E-state index contributed by atoms with van der Waals surface area (Å²) in [7, 11) is 1.31. The molecule has 0 spiro atoms. The van der Waals surface area contributed by atoms with E-state index in [1.807, 2.05) is 0 Å². The Hall–Kier alpha value is -4.02. The quantitative estimate of drug-likeness (QED) is 0.387. The molecule has 152 valence electrons. The average molecular weight is 405 g/mol. The van der Waals surface area contributed by atoms with Crippen molar-refractivity contribution in [3.05, 3.63) is 64.0 Å². The van der Waals surface area contributed by atoms with Crippen LogP contribution in [-0.2, 0) is 14.3 Å². The number of anilines is 1. The molecule has 0 saturated heterocycles. The first-order valence-corrected chi connectivity index (χ1v) is 8.12. The van der Waals surface area contributed by atoms with E-state index in [1.54, 1.807) is 0 Å². The number of rotatable bonds is 8. The smallest absolute Gasteiger partial charge is 0.325 e. The van der Waals surface area contributed by atoms with Gasteiger partial charge < -0.3 is 20.1 Å². The maximum atomic E-state index is 13.5. The molecule has 0 radical (unpaired) electrons. The fourth-order valence-electron chi connectivity index (χ4n) is 2.18. The predicted molar refractivity (Wildman–Crippen MR) is 98.0 cm³/mol. The Kier molecular flexibility index (Phi) is 7.18. The van der Waals surface area contributed by atoms with Gasteiger partial charge in [0.25, 0.3) is 17.5 Å². The van der Waals surface area contributed by atoms with Gasteiger partial charge in [0.05, 0.1) is 23.3 Å². The van der Waals surface area contributed by atoms with Gasteiger partial charge in [0.2, 0.25) is 0 Å². The van der Waals surface area contributed by atoms with Crippen LogP contribution in [0.5, 0.6) is 5.75 Å². The number of benzene rings is 2. The molecule has 0 aliphatic rings. The van der Waals surface area contributed by atoms with E-state index in [9.17, 15) is 28.9 Å². The van der Waals surface area contributed by atoms with Gasteiger partial charge >= 0.3 is 5.97 Å². The number of hydrogen-bond acceptors (Lipinski definition) is 7. The third-order valence-electron chi connectivity index (χ3n) is 3.54. The number of non-ortho nitro benzene ring substituents is 1. The highest BCUT2D eigenvalue weighted by molar-refractivity contribution is 5.97. The summed E-state index contributed by atoms with van der Waals surface area (Å²) in [6, 6.07) is 8.81. The number of methoxy groups -OCH3 is 1. The van der Waals surface area contributed by atoms with Crippen molar-refractivity contribution >= 4 is 29.2 Å². The maximum absolute atomic E-state index is 13.5. The molecule has 2 amide bonds. The molecule has 29 heavy (non-hydrogen) atoms. The maximum Gasteiger partial charge on any atom is 0.325 e. The van der Waals surface area contributed by atoms with Crippen LogP contribution in [0.3, 0.4) is 0 Å². The number of halogens is 1. The van der Waals surface area contributed by atoms with Crippen LogP contribution in [0.25, 0.3) is 0 Å². The van der Waals surface area contributed by atoms with Gasteiger partial charge in [-0.2, -0.15) is 0 Å². The molecule has 10 nitrogen and oxygen atoms in total. The molecule has 0 fully saturated rings. The number of hydrogen-bond donors (Lipinski definition) is 2. The Morgan fingerprint density at radius 1 is 1.17 bits per heavy atom. The van der Waals surface area contributed by atoms with Crippen LogP contribution in [0.15, 0.2) is 42.5 Å². The van der Waals surface area contributed by atoms with E-state index in [1.165, 1.54) is 37.4 Å². The van der Waals surface area contributed by atoms with Gasteiger partial charge in [-0.3, -0.25) is 24.5 Å². The highest BCUT2D eigenvalue weighted by atomic mass is 19.1. The van der Waals surface area contributed by atoms with Crippen LogP contribution >= 0.6 is 0 Å². The molecular weight excluding hydrogens is 389 g/mol. The first-order chi connectivity index (χ1) is 13.8. The number of ether oxygens (including phenoxy) is 2. The van der Waals surface area contributed by atoms with E-state index in [0.717, 1.165) is 12.1 Å². The van der Waals surface area contributed by atoms with E-state index in [2.05, 4.69) is 10.6 Å². The number of carbonyl (C=O) groups excluding carboxylic acids is 3. The minimum atomic E-state index is -0.934. The number of nitro benzene ring substituents is 1. The molecule has 2 rings (SSSR count). The lowest BCUT2D eigenvalue weighted by Crippen LogP contribution is -2.32. The Balaban J connectivity index is 1.85. The Morgan fingerprint density at radius 3 is 2.55 bits per heavy atom. The summed E-state index contributed by atoms with van der Waals surface area (Å²) < 4.78 is 23.2. The third kappa shape index (κ3) is 5.99. The number of nitro groups is 1. The Bertz CT molecular complexity index is 949. The van der Waals surface area contributed by atoms with E-state index in [0.29, 0.717) is 0 Å². The number of amides is 2. The summed E-state index contributed by atoms with van der Waals surface area (Å²) in [6.45, 7) is -1.29. The number of nitrogens with one attached hydrogen (secondary N) is 2. The molecular formula is C18H16FN3O7. The molecule has 2 aromatic rings. The third-order valence-corrected chi connectivity index (χ3v) is 3.54. The number of carbonyl (C=O) groups is 3. The van der Waals surface area contributed by atoms with Gasteiger partial charge in [-0.25, -0.2) is 4.39 Å². The van der Waals surface area contributed by atoms with Crippen molar-refractivity contribution in [2.24, 2.45) is 0 Å². The van der Waals surface area contributed by atoms with Crippen molar-refractivity contribution in [2.45, 2.75) is 0 Å². The highest BCUT2D eigenvalue weighted by Gasteiger charge is 2.16. The summed E-state index contributed by atoms with van der Waals surface area (Å²) in [4.78, 5) is 45.6. The predicted octanol–water partition coefficient (Wildman–Crippen LogP) is 1.65. The van der Waals surface area contributed by atoms with Gasteiger partial charge in [0, 0.05) is 12.1 Å². The first-order valence-electron chi connectivity index (χ1n) is 8.12. The minimum absolute atomic E-state index is 0.0237. The molecule has 0 saturated carbocycles. The Morgan fingerprint density at radius 2 is 1.90 bits per heavy atom. The lowest BCUT2D eigenvalue weighted by Gasteiger charge is -2.10. The number of esters is 1. The van der Waals surface area contributed by atoms with Crippen molar-refractivity contribution < 1.29 is 33.2 Å². The van der Waals surface area contributed by atoms with E-state index in [4.69, 9.17) is 9.47 Å². The molecule has 0 heterocycles. The summed E-state index contributed by atoms with van der Waals surface area (Å²) in [5, 5.41) is 15.3. The van der Waals surface area contributed by atoms with Gasteiger partial charge in [0.1, 0.15) is 18.1 Å². The van der Waals surface area contributed by atoms with Gasteiger partial charge in [-0.15, -0.1) is 0 Å². The molecule has 0 unspecified atom stereocenters. The normalized spacial score (nSPS) is 10.0. The molecule has 0 aliphatic heterocycles. The van der Waals surface area contributed by atoms with Crippen LogP contribution in [0.4, 0.5) is 15.8 Å². The van der Waals surface area contributed by atoms with Crippen LogP contribution in [-0.4, -0.2) is 43.0 Å². The summed E-state index contributed by atoms with van der Waals surface area (Å²) in [5.41, 5.74) is -0.486. The molecule has 2 aromatic carbocycles. The average Bonchev–Trinajstić information content (AvgIpc) is 2.70. The standard InChI is InChI=1S/C18H16FN3O7/c1-28-15-7-6-11(22(26)27)8-14(15)21-16(23)10-29-17(24)9-20-18(25)12-4-2-3-5-13(12)19/h2-8H,9-10H2,1H3,(H,20,25)(H,21,23). The first kappa shape index (κ1) is 21.3. The monoisotopic (exact) mass is 405 g/mol. The minimum Gasteiger partial charge on any atom is -0.495 e. The number of nitrogens with zero attached hydrogens (tertiary/aromatic N) is 1. The van der Waals surface area contributed by atoms with Crippen molar-refractivity contribution in [3.63, 3.8) is 0 Å². The van der Waals surface area contributed by atoms with Crippen molar-refractivity contribution in [2.75, 3.05) is 25.6 Å². The fourth-order valence-corrected chi connectivity index (χ4v) is 2.18. The van der Waals surface area contributed by atoms with Gasteiger partial charge in [0.15, 0.2) is 6.61 Å². The van der Waals surface area contributed by atoms with Crippen molar-refractivity contribution in [1.82, 2.24) is 5.32 Å². The van der Waals surface area contributed by atoms with Crippen LogP contribution in [0.1, 0.15) is 10.4 Å². The van der Waals surface area contributed by atoms with Crippen molar-refractivity contribution in [1.29, 1.82) is 0 Å². The zero-order valence-corrected chi connectivity index (χ0v) is 15.1. The largest absolute Gasteiger partial charge is 0.495 e. The summed E-state index contributed by atoms with van der Waals surface area (Å²) >= 11 is 0. The van der Waals surface area contributed by atoms with Gasteiger partial charge in [-0.1, -0.05) is 12.1 Å². The molecule has 2 N–H and O–H groups in total. The van der Waals surface area contributed by atoms with Crippen molar-refractivity contribution in [3.8, 4) is 5.75 Å². The second-order valence-corrected chi connectivity index (χ2v) is 5.51. The molecule has 0 aromatic heterocycles. The second kappa shape index (κ2) is 9.78. The topological polar surface area (TPSA) is 137 Å². The van der Waals surface area contributed by atoms with E-state index < -0.39 is 41.7 Å². The molecule has 11 heteroatoms. The zero-order chi connectivity index (χ0) is 21.4. The van der Waals surface area contributed by atoms with E-state index in [-0.39, 0.29) is 22.7 Å².